The average molecular weight is 384 g/mol. The van der Waals surface area contributed by atoms with Gasteiger partial charge in [0.1, 0.15) is 0 Å². The Morgan fingerprint density at radius 1 is 0.964 bits per heavy atom. The smallest absolute Gasteiger partial charge is 0.225 e. The normalized spacial score (nSPS) is 14.8. The zero-order chi connectivity index (χ0) is 20.6. The quantitative estimate of drug-likeness (QED) is 0.827. The predicted octanol–water partition coefficient (Wildman–Crippen LogP) is 3.49. The van der Waals surface area contributed by atoms with Gasteiger partial charge in [-0.05, 0) is 29.9 Å². The summed E-state index contributed by atoms with van der Waals surface area (Å²) in [5.41, 5.74) is 8.45. The average Bonchev–Trinajstić information content (AvgIpc) is 2.70. The highest BCUT2D eigenvalue weighted by Gasteiger charge is 2.26. The summed E-state index contributed by atoms with van der Waals surface area (Å²) in [4.78, 5) is 11.2. The summed E-state index contributed by atoms with van der Waals surface area (Å²) in [5, 5.41) is 3.33. The van der Waals surface area contributed by atoms with Crippen molar-refractivity contribution in [2.45, 2.75) is 46.6 Å². The van der Waals surface area contributed by atoms with Crippen LogP contribution in [0.5, 0.6) is 0 Å². The van der Waals surface area contributed by atoms with Crippen LogP contribution in [0.4, 0.5) is 5.95 Å². The zero-order valence-corrected chi connectivity index (χ0v) is 18.2. The number of nitrogens with two attached hydrogens (primary N) is 1. The first-order valence-electron chi connectivity index (χ1n) is 10.4. The van der Waals surface area contributed by atoms with Gasteiger partial charge in [-0.3, -0.25) is 0 Å². The second kappa shape index (κ2) is 10.5. The Balaban J connectivity index is 0.000000266. The molecule has 1 aromatic heterocycles. The molecule has 0 aliphatic carbocycles. The van der Waals surface area contributed by atoms with Gasteiger partial charge >= 0.3 is 0 Å². The van der Waals surface area contributed by atoms with Gasteiger partial charge < -0.3 is 16.0 Å². The van der Waals surface area contributed by atoms with Crippen molar-refractivity contribution >= 4 is 5.95 Å². The number of piperazine rings is 1. The largest absolute Gasteiger partial charge is 0.338 e. The molecular formula is C23H37N5. The molecule has 0 amide bonds. The fourth-order valence-corrected chi connectivity index (χ4v) is 2.97. The molecule has 2 heterocycles. The van der Waals surface area contributed by atoms with Crippen molar-refractivity contribution in [3.63, 3.8) is 0 Å². The van der Waals surface area contributed by atoms with Crippen molar-refractivity contribution in [2.24, 2.45) is 17.6 Å². The van der Waals surface area contributed by atoms with Crippen LogP contribution in [-0.4, -0.2) is 41.7 Å². The molecule has 1 aliphatic rings. The maximum Gasteiger partial charge on any atom is 0.225 e. The maximum atomic E-state index is 6.00. The SMILES string of the molecule is CC(C)C(C)(N)C(C)C.c1ccc(Cc2cnc(N3CCNCC3)nc2)cc1. The molecule has 5 nitrogen and oxygen atoms in total. The van der Waals surface area contributed by atoms with E-state index in [1.54, 1.807) is 0 Å². The lowest BCUT2D eigenvalue weighted by Gasteiger charge is -2.33. The summed E-state index contributed by atoms with van der Waals surface area (Å²) in [6.45, 7) is 14.8. The van der Waals surface area contributed by atoms with Crippen molar-refractivity contribution in [1.29, 1.82) is 0 Å². The van der Waals surface area contributed by atoms with Crippen molar-refractivity contribution < 1.29 is 0 Å². The van der Waals surface area contributed by atoms with Crippen LogP contribution in [0.2, 0.25) is 0 Å². The van der Waals surface area contributed by atoms with Crippen molar-refractivity contribution in [1.82, 2.24) is 15.3 Å². The van der Waals surface area contributed by atoms with E-state index in [1.165, 1.54) is 5.56 Å². The molecule has 154 valence electrons. The Bertz CT molecular complexity index is 664. The molecule has 0 bridgehead atoms. The lowest BCUT2D eigenvalue weighted by molar-refractivity contribution is 0.250. The highest BCUT2D eigenvalue weighted by atomic mass is 15.3. The second-order valence-corrected chi connectivity index (χ2v) is 8.47. The van der Waals surface area contributed by atoms with E-state index in [4.69, 9.17) is 5.73 Å². The standard InChI is InChI=1S/C15H18N4.C8H19N/c1-2-4-13(5-3-1)10-14-11-17-15(18-12-14)19-8-6-16-7-9-19;1-6(2)8(5,9)7(3)4/h1-5,11-12,16H,6-10H2;6-7H,9H2,1-5H3. The first-order chi connectivity index (χ1) is 13.3. The van der Waals surface area contributed by atoms with E-state index >= 15 is 0 Å². The topological polar surface area (TPSA) is 67.1 Å². The molecule has 0 radical (unpaired) electrons. The minimum absolute atomic E-state index is 0.000000000000000222. The summed E-state index contributed by atoms with van der Waals surface area (Å²) >= 11 is 0. The lowest BCUT2D eigenvalue weighted by atomic mass is 9.80. The fraction of sp³-hybridized carbons (Fsp3) is 0.565. The van der Waals surface area contributed by atoms with E-state index in [2.05, 4.69) is 79.1 Å². The number of hydrogen-bond donors (Lipinski definition) is 2. The lowest BCUT2D eigenvalue weighted by Crippen LogP contribution is -2.46. The summed E-state index contributed by atoms with van der Waals surface area (Å²) in [7, 11) is 0. The molecule has 3 rings (SSSR count). The predicted molar refractivity (Wildman–Crippen MR) is 119 cm³/mol. The molecule has 3 N–H and O–H groups in total. The number of nitrogens with one attached hydrogen (secondary N) is 1. The van der Waals surface area contributed by atoms with Gasteiger partial charge in [0.15, 0.2) is 0 Å². The van der Waals surface area contributed by atoms with Crippen LogP contribution in [0.3, 0.4) is 0 Å². The van der Waals surface area contributed by atoms with Gasteiger partial charge in [0.05, 0.1) is 0 Å². The van der Waals surface area contributed by atoms with E-state index in [1.807, 2.05) is 18.5 Å². The minimum Gasteiger partial charge on any atom is -0.338 e. The van der Waals surface area contributed by atoms with Crippen LogP contribution in [0, 0.1) is 11.8 Å². The summed E-state index contributed by atoms with van der Waals surface area (Å²) in [5.74, 6) is 1.98. The van der Waals surface area contributed by atoms with Crippen LogP contribution in [0.1, 0.15) is 45.7 Å². The Kier molecular flexibility index (Phi) is 8.39. The Labute approximate surface area is 170 Å². The fourth-order valence-electron chi connectivity index (χ4n) is 2.97. The summed E-state index contributed by atoms with van der Waals surface area (Å²) in [6.07, 6.45) is 4.78. The highest BCUT2D eigenvalue weighted by molar-refractivity contribution is 5.32. The van der Waals surface area contributed by atoms with Gasteiger partial charge in [-0.15, -0.1) is 0 Å². The number of rotatable bonds is 5. The zero-order valence-electron chi connectivity index (χ0n) is 18.2. The third kappa shape index (κ3) is 6.57. The minimum atomic E-state index is 0.000000000000000222. The summed E-state index contributed by atoms with van der Waals surface area (Å²) in [6, 6.07) is 10.4. The van der Waals surface area contributed by atoms with Gasteiger partial charge in [-0.1, -0.05) is 58.0 Å². The van der Waals surface area contributed by atoms with E-state index in [0.717, 1.165) is 44.1 Å². The molecule has 0 spiro atoms. The molecule has 28 heavy (non-hydrogen) atoms. The summed E-state index contributed by atoms with van der Waals surface area (Å²) < 4.78 is 0. The molecule has 1 aromatic carbocycles. The molecule has 0 saturated carbocycles. The van der Waals surface area contributed by atoms with Gasteiger partial charge in [0.25, 0.3) is 0 Å². The maximum absolute atomic E-state index is 6.00. The Morgan fingerprint density at radius 2 is 1.50 bits per heavy atom. The van der Waals surface area contributed by atoms with Crippen molar-refractivity contribution in [3.8, 4) is 0 Å². The Hall–Kier alpha value is -1.98. The first-order valence-corrected chi connectivity index (χ1v) is 10.4. The van der Waals surface area contributed by atoms with Gasteiger partial charge in [-0.25, -0.2) is 9.97 Å². The monoisotopic (exact) mass is 383 g/mol. The number of hydrogen-bond acceptors (Lipinski definition) is 5. The molecule has 1 fully saturated rings. The highest BCUT2D eigenvalue weighted by Crippen LogP contribution is 2.21. The number of aromatic nitrogens is 2. The van der Waals surface area contributed by atoms with E-state index < -0.39 is 0 Å². The molecule has 2 aromatic rings. The van der Waals surface area contributed by atoms with Crippen LogP contribution >= 0.6 is 0 Å². The Morgan fingerprint density at radius 3 is 1.96 bits per heavy atom. The van der Waals surface area contributed by atoms with E-state index in [0.29, 0.717) is 11.8 Å². The van der Waals surface area contributed by atoms with E-state index in [-0.39, 0.29) is 5.54 Å². The molecule has 0 unspecified atom stereocenters. The van der Waals surface area contributed by atoms with Gasteiger partial charge in [-0.2, -0.15) is 0 Å². The van der Waals surface area contributed by atoms with Gasteiger partial charge in [0, 0.05) is 50.5 Å². The molecular weight excluding hydrogens is 346 g/mol. The number of nitrogens with zero attached hydrogens (tertiary/aromatic N) is 3. The van der Waals surface area contributed by atoms with Gasteiger partial charge in [0.2, 0.25) is 5.95 Å². The third-order valence-corrected chi connectivity index (χ3v) is 5.83. The molecule has 1 aliphatic heterocycles. The molecule has 1 saturated heterocycles. The number of benzene rings is 1. The van der Waals surface area contributed by atoms with E-state index in [9.17, 15) is 0 Å². The molecule has 5 heteroatoms. The third-order valence-electron chi connectivity index (χ3n) is 5.83. The van der Waals surface area contributed by atoms with Crippen molar-refractivity contribution in [2.75, 3.05) is 31.1 Å². The van der Waals surface area contributed by atoms with Crippen LogP contribution in [0.25, 0.3) is 0 Å². The van der Waals surface area contributed by atoms with Crippen LogP contribution in [0.15, 0.2) is 42.7 Å². The second-order valence-electron chi connectivity index (χ2n) is 8.47. The first kappa shape index (κ1) is 22.3. The molecule has 0 atom stereocenters. The van der Waals surface area contributed by atoms with Crippen molar-refractivity contribution in [3.05, 3.63) is 53.9 Å². The van der Waals surface area contributed by atoms with Crippen LogP contribution in [-0.2, 0) is 6.42 Å². The van der Waals surface area contributed by atoms with Crippen LogP contribution < -0.4 is 16.0 Å². The number of anilines is 1.